The molecule has 0 aromatic heterocycles. The lowest BCUT2D eigenvalue weighted by molar-refractivity contribution is 0.467. The first-order chi connectivity index (χ1) is 7.36. The van der Waals surface area contributed by atoms with Crippen molar-refractivity contribution in [3.63, 3.8) is 0 Å². The second-order valence-corrected chi connectivity index (χ2v) is 5.97. The first kappa shape index (κ1) is 14.1. The molecule has 0 fully saturated rings. The van der Waals surface area contributed by atoms with Crippen molar-refractivity contribution >= 4 is 44.9 Å². The molecule has 0 saturated heterocycles. The lowest BCUT2D eigenvalue weighted by Crippen LogP contribution is -2.13. The summed E-state index contributed by atoms with van der Waals surface area (Å²) in [5.74, 6) is 0.101. The molecule has 0 amide bonds. The van der Waals surface area contributed by atoms with Crippen LogP contribution in [0.25, 0.3) is 0 Å². The number of rotatable bonds is 4. The van der Waals surface area contributed by atoms with Crippen LogP contribution in [0.5, 0.6) is 0 Å². The number of halogens is 3. The first-order valence-corrected chi connectivity index (χ1v) is 7.13. The van der Waals surface area contributed by atoms with Crippen molar-refractivity contribution in [3.8, 4) is 0 Å². The predicted molar refractivity (Wildman–Crippen MR) is 66.1 cm³/mol. The SMILES string of the molecule is O=S(=O)(O)[C@@H](CCCl)c1ccc(Cl)cc1Cl. The maximum atomic E-state index is 11.2. The van der Waals surface area contributed by atoms with Crippen LogP contribution >= 0.6 is 34.8 Å². The fraction of sp³-hybridized carbons (Fsp3) is 0.333. The molecule has 1 aromatic carbocycles. The quantitative estimate of drug-likeness (QED) is 0.683. The van der Waals surface area contributed by atoms with Gasteiger partial charge in [-0.1, -0.05) is 29.3 Å². The van der Waals surface area contributed by atoms with Crippen LogP contribution in [0.1, 0.15) is 17.2 Å². The van der Waals surface area contributed by atoms with Gasteiger partial charge in [0.15, 0.2) is 0 Å². The molecular formula is C9H9Cl3O3S. The molecule has 16 heavy (non-hydrogen) atoms. The third-order valence-electron chi connectivity index (χ3n) is 2.04. The van der Waals surface area contributed by atoms with Crippen molar-refractivity contribution in [3.05, 3.63) is 33.8 Å². The number of benzene rings is 1. The van der Waals surface area contributed by atoms with Gasteiger partial charge in [0.1, 0.15) is 5.25 Å². The van der Waals surface area contributed by atoms with E-state index in [2.05, 4.69) is 0 Å². The summed E-state index contributed by atoms with van der Waals surface area (Å²) in [4.78, 5) is 0. The van der Waals surface area contributed by atoms with Crippen LogP contribution in [0.3, 0.4) is 0 Å². The Balaban J connectivity index is 3.22. The van der Waals surface area contributed by atoms with Crippen LogP contribution in [-0.4, -0.2) is 18.9 Å². The lowest BCUT2D eigenvalue weighted by Gasteiger charge is -2.14. The minimum Gasteiger partial charge on any atom is -0.285 e. The topological polar surface area (TPSA) is 54.4 Å². The van der Waals surface area contributed by atoms with Gasteiger partial charge in [-0.25, -0.2) is 0 Å². The summed E-state index contributed by atoms with van der Waals surface area (Å²) in [5.41, 5.74) is 0.300. The first-order valence-electron chi connectivity index (χ1n) is 4.33. The van der Waals surface area contributed by atoms with Gasteiger partial charge in [0.05, 0.1) is 0 Å². The van der Waals surface area contributed by atoms with Gasteiger partial charge in [-0.3, -0.25) is 4.55 Å². The van der Waals surface area contributed by atoms with Crippen LogP contribution in [0.4, 0.5) is 0 Å². The summed E-state index contributed by atoms with van der Waals surface area (Å²) in [6, 6.07) is 4.40. The zero-order valence-electron chi connectivity index (χ0n) is 8.03. The minimum absolute atomic E-state index is 0.0851. The maximum absolute atomic E-state index is 11.2. The van der Waals surface area contributed by atoms with E-state index in [1.54, 1.807) is 0 Å². The molecule has 0 aliphatic carbocycles. The number of alkyl halides is 1. The standard InChI is InChI=1S/C9H9Cl3O3S/c10-4-3-9(16(13,14)15)7-2-1-6(11)5-8(7)12/h1-2,5,9H,3-4H2,(H,13,14,15)/t9-/m0/s1. The fourth-order valence-corrected chi connectivity index (χ4v) is 3.22. The van der Waals surface area contributed by atoms with E-state index in [9.17, 15) is 8.42 Å². The number of hydrogen-bond donors (Lipinski definition) is 1. The predicted octanol–water partition coefficient (Wildman–Crippen LogP) is 3.55. The smallest absolute Gasteiger partial charge is 0.272 e. The van der Waals surface area contributed by atoms with Crippen molar-refractivity contribution < 1.29 is 13.0 Å². The van der Waals surface area contributed by atoms with Crippen molar-refractivity contribution in [2.24, 2.45) is 0 Å². The van der Waals surface area contributed by atoms with Crippen LogP contribution in [0.2, 0.25) is 10.0 Å². The van der Waals surface area contributed by atoms with E-state index >= 15 is 0 Å². The van der Waals surface area contributed by atoms with E-state index in [1.807, 2.05) is 0 Å². The Morgan fingerprint density at radius 3 is 2.38 bits per heavy atom. The van der Waals surface area contributed by atoms with Crippen molar-refractivity contribution in [2.75, 3.05) is 5.88 Å². The molecule has 0 saturated carbocycles. The molecule has 0 radical (unpaired) electrons. The Kier molecular flexibility index (Phi) is 4.88. The van der Waals surface area contributed by atoms with E-state index in [4.69, 9.17) is 39.4 Å². The van der Waals surface area contributed by atoms with Gasteiger partial charge in [0.2, 0.25) is 0 Å². The van der Waals surface area contributed by atoms with Gasteiger partial charge >= 0.3 is 0 Å². The van der Waals surface area contributed by atoms with Gasteiger partial charge in [0, 0.05) is 15.9 Å². The Morgan fingerprint density at radius 1 is 1.31 bits per heavy atom. The average molecular weight is 304 g/mol. The molecule has 0 unspecified atom stereocenters. The summed E-state index contributed by atoms with van der Waals surface area (Å²) in [7, 11) is -4.23. The highest BCUT2D eigenvalue weighted by Crippen LogP contribution is 2.32. The van der Waals surface area contributed by atoms with Crippen LogP contribution in [-0.2, 0) is 10.1 Å². The molecule has 1 rings (SSSR count). The van der Waals surface area contributed by atoms with Crippen molar-refractivity contribution in [2.45, 2.75) is 11.7 Å². The Labute approximate surface area is 109 Å². The molecule has 90 valence electrons. The number of hydrogen-bond acceptors (Lipinski definition) is 2. The molecule has 7 heteroatoms. The highest BCUT2D eigenvalue weighted by atomic mass is 35.5. The highest BCUT2D eigenvalue weighted by Gasteiger charge is 2.26. The van der Waals surface area contributed by atoms with E-state index in [0.717, 1.165) is 0 Å². The summed E-state index contributed by atoms with van der Waals surface area (Å²) < 4.78 is 31.4. The fourth-order valence-electron chi connectivity index (χ4n) is 1.33. The zero-order chi connectivity index (χ0) is 12.3. The van der Waals surface area contributed by atoms with Crippen molar-refractivity contribution in [1.29, 1.82) is 0 Å². The second-order valence-electron chi connectivity index (χ2n) is 3.15. The third kappa shape index (κ3) is 3.50. The molecule has 3 nitrogen and oxygen atoms in total. The summed E-state index contributed by atoms with van der Waals surface area (Å²) in [6.45, 7) is 0. The molecule has 1 atom stereocenters. The van der Waals surface area contributed by atoms with Gasteiger partial charge in [-0.05, 0) is 24.1 Å². The van der Waals surface area contributed by atoms with Crippen LogP contribution in [0.15, 0.2) is 18.2 Å². The van der Waals surface area contributed by atoms with Crippen LogP contribution in [0, 0.1) is 0 Å². The molecule has 1 N–H and O–H groups in total. The molecule has 0 heterocycles. The zero-order valence-corrected chi connectivity index (χ0v) is 11.1. The van der Waals surface area contributed by atoms with Crippen molar-refractivity contribution in [1.82, 2.24) is 0 Å². The highest BCUT2D eigenvalue weighted by molar-refractivity contribution is 7.86. The summed E-state index contributed by atoms with van der Waals surface area (Å²) >= 11 is 17.0. The summed E-state index contributed by atoms with van der Waals surface area (Å²) in [5, 5.41) is -0.524. The average Bonchev–Trinajstić information content (AvgIpc) is 2.13. The largest absolute Gasteiger partial charge is 0.285 e. The monoisotopic (exact) mass is 302 g/mol. The molecular weight excluding hydrogens is 295 g/mol. The minimum atomic E-state index is -4.23. The third-order valence-corrected chi connectivity index (χ3v) is 4.03. The Bertz CT molecular complexity index is 473. The molecule has 0 aliphatic rings. The molecule has 0 aliphatic heterocycles. The summed E-state index contributed by atoms with van der Waals surface area (Å²) in [6.07, 6.45) is 0.0851. The Hall–Kier alpha value is -0.000000000000000111. The van der Waals surface area contributed by atoms with E-state index in [-0.39, 0.29) is 17.3 Å². The van der Waals surface area contributed by atoms with Gasteiger partial charge in [-0.2, -0.15) is 8.42 Å². The maximum Gasteiger partial charge on any atom is 0.272 e. The van der Waals surface area contributed by atoms with Gasteiger partial charge in [0.25, 0.3) is 10.1 Å². The van der Waals surface area contributed by atoms with E-state index in [0.29, 0.717) is 10.6 Å². The molecule has 1 aromatic rings. The van der Waals surface area contributed by atoms with Gasteiger partial charge < -0.3 is 0 Å². The second kappa shape index (κ2) is 5.56. The molecule has 0 bridgehead atoms. The normalized spacial score (nSPS) is 13.8. The Morgan fingerprint density at radius 2 is 1.94 bits per heavy atom. The van der Waals surface area contributed by atoms with Gasteiger partial charge in [-0.15, -0.1) is 11.6 Å². The lowest BCUT2D eigenvalue weighted by atomic mass is 10.1. The van der Waals surface area contributed by atoms with E-state index < -0.39 is 15.4 Å². The van der Waals surface area contributed by atoms with E-state index in [1.165, 1.54) is 18.2 Å². The molecule has 0 spiro atoms. The van der Waals surface area contributed by atoms with Crippen LogP contribution < -0.4 is 0 Å².